The first kappa shape index (κ1) is 13.3. The van der Waals surface area contributed by atoms with Crippen molar-refractivity contribution >= 4 is 5.69 Å². The summed E-state index contributed by atoms with van der Waals surface area (Å²) < 4.78 is 11.9. The van der Waals surface area contributed by atoms with E-state index in [2.05, 4.69) is 20.6 Å². The summed E-state index contributed by atoms with van der Waals surface area (Å²) in [5.74, 6) is 0.585. The van der Waals surface area contributed by atoms with E-state index >= 15 is 0 Å². The second-order valence-corrected chi connectivity index (χ2v) is 3.96. The maximum atomic E-state index is 5.38. The molecule has 0 amide bonds. The van der Waals surface area contributed by atoms with Crippen LogP contribution in [0.2, 0.25) is 0 Å². The predicted molar refractivity (Wildman–Crippen MR) is 69.9 cm³/mol. The van der Waals surface area contributed by atoms with Gasteiger partial charge in [0, 0.05) is 26.4 Å². The average Bonchev–Trinajstić information content (AvgIpc) is 2.84. The Hall–Kier alpha value is -2.15. The standard InChI is InChI=1S/C12H17N5O2/c1-17-9-11(15-16-17)8-13-10-3-4-12(14-7-10)19-6-5-18-2/h3-4,7,9,13H,5-6,8H2,1-2H3. The van der Waals surface area contributed by atoms with E-state index in [1.165, 1.54) is 0 Å². The highest BCUT2D eigenvalue weighted by molar-refractivity contribution is 5.42. The molecule has 0 saturated carbocycles. The molecule has 0 radical (unpaired) electrons. The molecule has 2 heterocycles. The second kappa shape index (κ2) is 6.69. The van der Waals surface area contributed by atoms with Gasteiger partial charge in [-0.1, -0.05) is 5.21 Å². The minimum atomic E-state index is 0.496. The number of aromatic nitrogens is 4. The van der Waals surface area contributed by atoms with E-state index in [0.717, 1.165) is 11.4 Å². The molecule has 0 aromatic carbocycles. The fraction of sp³-hybridized carbons (Fsp3) is 0.417. The van der Waals surface area contributed by atoms with E-state index in [1.807, 2.05) is 25.4 Å². The molecule has 0 aliphatic rings. The summed E-state index contributed by atoms with van der Waals surface area (Å²) in [6.45, 7) is 1.66. The molecule has 7 heteroatoms. The number of nitrogens with zero attached hydrogens (tertiary/aromatic N) is 4. The van der Waals surface area contributed by atoms with Crippen molar-refractivity contribution in [2.75, 3.05) is 25.6 Å². The third-order valence-electron chi connectivity index (χ3n) is 2.40. The van der Waals surface area contributed by atoms with Crippen LogP contribution in [0.4, 0.5) is 5.69 Å². The number of aryl methyl sites for hydroxylation is 1. The van der Waals surface area contributed by atoms with Crippen LogP contribution < -0.4 is 10.1 Å². The largest absolute Gasteiger partial charge is 0.475 e. The Bertz CT molecular complexity index is 497. The molecule has 0 atom stereocenters. The Balaban J connectivity index is 1.81. The van der Waals surface area contributed by atoms with Crippen LogP contribution in [0.5, 0.6) is 5.88 Å². The summed E-state index contributed by atoms with van der Waals surface area (Å²) in [7, 11) is 3.47. The van der Waals surface area contributed by atoms with Crippen molar-refractivity contribution in [3.63, 3.8) is 0 Å². The Morgan fingerprint density at radius 2 is 2.21 bits per heavy atom. The maximum absolute atomic E-state index is 5.38. The SMILES string of the molecule is COCCOc1ccc(NCc2cn(C)nn2)cn1. The van der Waals surface area contributed by atoms with Crippen molar-refractivity contribution < 1.29 is 9.47 Å². The van der Waals surface area contributed by atoms with Gasteiger partial charge in [0.2, 0.25) is 5.88 Å². The molecule has 0 saturated heterocycles. The topological polar surface area (TPSA) is 74.1 Å². The molecule has 7 nitrogen and oxygen atoms in total. The van der Waals surface area contributed by atoms with Crippen LogP contribution in [0.15, 0.2) is 24.5 Å². The van der Waals surface area contributed by atoms with Crippen molar-refractivity contribution in [1.82, 2.24) is 20.0 Å². The second-order valence-electron chi connectivity index (χ2n) is 3.96. The van der Waals surface area contributed by atoms with E-state index < -0.39 is 0 Å². The van der Waals surface area contributed by atoms with E-state index in [9.17, 15) is 0 Å². The molecule has 0 fully saturated rings. The van der Waals surface area contributed by atoms with E-state index in [-0.39, 0.29) is 0 Å². The molecule has 1 N–H and O–H groups in total. The maximum Gasteiger partial charge on any atom is 0.213 e. The van der Waals surface area contributed by atoms with Crippen LogP contribution in [-0.2, 0) is 18.3 Å². The number of ether oxygens (including phenoxy) is 2. The summed E-state index contributed by atoms with van der Waals surface area (Å²) in [5, 5.41) is 11.1. The van der Waals surface area contributed by atoms with Gasteiger partial charge < -0.3 is 14.8 Å². The van der Waals surface area contributed by atoms with Crippen molar-refractivity contribution in [2.24, 2.45) is 7.05 Å². The third kappa shape index (κ3) is 4.22. The monoisotopic (exact) mass is 263 g/mol. The lowest BCUT2D eigenvalue weighted by Gasteiger charge is -2.06. The van der Waals surface area contributed by atoms with E-state index in [1.54, 1.807) is 18.0 Å². The highest BCUT2D eigenvalue weighted by Gasteiger charge is 2.00. The first-order valence-electron chi connectivity index (χ1n) is 5.95. The molecule has 0 unspecified atom stereocenters. The third-order valence-corrected chi connectivity index (χ3v) is 2.40. The molecular formula is C12H17N5O2. The number of rotatable bonds is 7. The molecule has 102 valence electrons. The molecule has 0 spiro atoms. The Morgan fingerprint density at radius 3 is 2.84 bits per heavy atom. The molecule has 0 aliphatic heterocycles. The molecule has 0 bridgehead atoms. The molecular weight excluding hydrogens is 246 g/mol. The summed E-state index contributed by atoms with van der Waals surface area (Å²) in [5.41, 5.74) is 1.78. The number of pyridine rings is 1. The van der Waals surface area contributed by atoms with Crippen molar-refractivity contribution in [3.05, 3.63) is 30.2 Å². The van der Waals surface area contributed by atoms with Crippen LogP contribution in [-0.4, -0.2) is 40.3 Å². The minimum absolute atomic E-state index is 0.496. The lowest BCUT2D eigenvalue weighted by molar-refractivity contribution is 0.144. The van der Waals surface area contributed by atoms with Gasteiger partial charge in [0.05, 0.1) is 25.0 Å². The van der Waals surface area contributed by atoms with Crippen LogP contribution >= 0.6 is 0 Å². The summed E-state index contributed by atoms with van der Waals surface area (Å²) in [6, 6.07) is 3.72. The summed E-state index contributed by atoms with van der Waals surface area (Å²) >= 11 is 0. The van der Waals surface area contributed by atoms with E-state index in [4.69, 9.17) is 9.47 Å². The normalized spacial score (nSPS) is 10.4. The number of hydrogen-bond acceptors (Lipinski definition) is 6. The predicted octanol–water partition coefficient (Wildman–Crippen LogP) is 0.847. The highest BCUT2D eigenvalue weighted by atomic mass is 16.5. The lowest BCUT2D eigenvalue weighted by Crippen LogP contribution is -2.05. The zero-order valence-corrected chi connectivity index (χ0v) is 11.0. The molecule has 0 aliphatic carbocycles. The van der Waals surface area contributed by atoms with Gasteiger partial charge in [-0.2, -0.15) is 0 Å². The van der Waals surface area contributed by atoms with Gasteiger partial charge >= 0.3 is 0 Å². The first-order valence-corrected chi connectivity index (χ1v) is 5.95. The summed E-state index contributed by atoms with van der Waals surface area (Å²) in [6.07, 6.45) is 3.58. The lowest BCUT2D eigenvalue weighted by atomic mass is 10.4. The van der Waals surface area contributed by atoms with Gasteiger partial charge in [-0.05, 0) is 6.07 Å². The smallest absolute Gasteiger partial charge is 0.213 e. The molecule has 2 aromatic heterocycles. The fourth-order valence-corrected chi connectivity index (χ4v) is 1.47. The first-order chi connectivity index (χ1) is 9.28. The molecule has 2 rings (SSSR count). The van der Waals surface area contributed by atoms with Crippen LogP contribution in [0.1, 0.15) is 5.69 Å². The van der Waals surface area contributed by atoms with Crippen LogP contribution in [0.3, 0.4) is 0 Å². The van der Waals surface area contributed by atoms with Crippen LogP contribution in [0, 0.1) is 0 Å². The number of anilines is 1. The van der Waals surface area contributed by atoms with Gasteiger partial charge in [-0.25, -0.2) is 4.98 Å². The Labute approximate surface area is 111 Å². The average molecular weight is 263 g/mol. The quantitative estimate of drug-likeness (QED) is 0.746. The Morgan fingerprint density at radius 1 is 1.32 bits per heavy atom. The van der Waals surface area contributed by atoms with Gasteiger partial charge in [0.1, 0.15) is 12.3 Å². The fourth-order valence-electron chi connectivity index (χ4n) is 1.47. The highest BCUT2D eigenvalue weighted by Crippen LogP contribution is 2.12. The van der Waals surface area contributed by atoms with Crippen molar-refractivity contribution in [1.29, 1.82) is 0 Å². The minimum Gasteiger partial charge on any atom is -0.475 e. The number of hydrogen-bond donors (Lipinski definition) is 1. The molecule has 19 heavy (non-hydrogen) atoms. The molecule has 2 aromatic rings. The van der Waals surface area contributed by atoms with Gasteiger partial charge in [0.25, 0.3) is 0 Å². The van der Waals surface area contributed by atoms with Crippen molar-refractivity contribution in [2.45, 2.75) is 6.54 Å². The zero-order chi connectivity index (χ0) is 13.5. The zero-order valence-electron chi connectivity index (χ0n) is 11.0. The number of methoxy groups -OCH3 is 1. The number of nitrogens with one attached hydrogen (secondary N) is 1. The van der Waals surface area contributed by atoms with Crippen molar-refractivity contribution in [3.8, 4) is 5.88 Å². The van der Waals surface area contributed by atoms with Crippen LogP contribution in [0.25, 0.3) is 0 Å². The van der Waals surface area contributed by atoms with Gasteiger partial charge in [-0.3, -0.25) is 4.68 Å². The van der Waals surface area contributed by atoms with E-state index in [0.29, 0.717) is 25.6 Å². The summed E-state index contributed by atoms with van der Waals surface area (Å²) in [4.78, 5) is 4.19. The Kier molecular flexibility index (Phi) is 4.68. The van der Waals surface area contributed by atoms with Gasteiger partial charge in [-0.15, -0.1) is 5.10 Å². The van der Waals surface area contributed by atoms with Gasteiger partial charge in [0.15, 0.2) is 0 Å².